The molecule has 0 aromatic carbocycles. The van der Waals surface area contributed by atoms with Crippen LogP contribution >= 0.6 is 0 Å². The minimum atomic E-state index is -1.52. The third-order valence-electron chi connectivity index (χ3n) is 6.13. The topological polar surface area (TPSA) is 97.5 Å². The van der Waals surface area contributed by atoms with E-state index in [9.17, 15) is 14.7 Å². The molecule has 2 fully saturated rings. The van der Waals surface area contributed by atoms with Crippen molar-refractivity contribution in [2.45, 2.75) is 56.0 Å². The number of carbonyl (C=O) groups excluding carboxylic acids is 2. The highest BCUT2D eigenvalue weighted by atomic mass is 16.6. The molecule has 23 heavy (non-hydrogen) atoms. The molecule has 3 heterocycles. The van der Waals surface area contributed by atoms with Gasteiger partial charge in [0, 0.05) is 24.3 Å². The van der Waals surface area contributed by atoms with Crippen molar-refractivity contribution in [3.05, 3.63) is 12.2 Å². The standard InChI is InChI=1S/C16H20N2O5/c1-9-3-4-10-12(22-13(20)15(10)7-8-17-18-15)14(2,21)16(9)6-5-11(19)23-16/h5-6,9-10,12,21H,3-4,7-8H2,1-2H3/t9-,10+,12+,14-,15+,16+/m0/s1. The van der Waals surface area contributed by atoms with Gasteiger partial charge < -0.3 is 14.6 Å². The van der Waals surface area contributed by atoms with Crippen LogP contribution in [0.1, 0.15) is 33.1 Å². The minimum Gasteiger partial charge on any atom is -0.457 e. The molecule has 0 bridgehead atoms. The molecule has 7 heteroatoms. The van der Waals surface area contributed by atoms with Crippen LogP contribution in [-0.4, -0.2) is 46.4 Å². The van der Waals surface area contributed by atoms with Gasteiger partial charge in [0.1, 0.15) is 11.7 Å². The summed E-state index contributed by atoms with van der Waals surface area (Å²) in [7, 11) is 0. The second-order valence-electron chi connectivity index (χ2n) is 7.25. The summed E-state index contributed by atoms with van der Waals surface area (Å²) >= 11 is 0. The lowest BCUT2D eigenvalue weighted by atomic mass is 9.70. The summed E-state index contributed by atoms with van der Waals surface area (Å²) in [5.41, 5.74) is -3.68. The third-order valence-corrected chi connectivity index (χ3v) is 6.13. The Kier molecular flexibility index (Phi) is 2.84. The number of nitrogens with zero attached hydrogens (tertiary/aromatic N) is 2. The maximum absolute atomic E-state index is 12.5. The molecule has 0 amide bonds. The molecule has 0 unspecified atom stereocenters. The van der Waals surface area contributed by atoms with Gasteiger partial charge in [0.25, 0.3) is 0 Å². The van der Waals surface area contributed by atoms with E-state index in [1.165, 1.54) is 6.08 Å². The molecule has 1 saturated heterocycles. The Morgan fingerprint density at radius 3 is 2.74 bits per heavy atom. The van der Waals surface area contributed by atoms with E-state index in [1.54, 1.807) is 13.0 Å². The highest BCUT2D eigenvalue weighted by molar-refractivity contribution is 5.86. The predicted molar refractivity (Wildman–Crippen MR) is 77.4 cm³/mol. The van der Waals surface area contributed by atoms with Crippen molar-refractivity contribution in [1.82, 2.24) is 0 Å². The molecule has 1 aliphatic carbocycles. The number of azo groups is 1. The van der Waals surface area contributed by atoms with E-state index in [1.807, 2.05) is 6.92 Å². The number of fused-ring (bicyclic) bond motifs is 2. The van der Waals surface area contributed by atoms with Crippen LogP contribution < -0.4 is 0 Å². The SMILES string of the molecule is C[C@H]1CC[C@@H]2[C@@H](OC(=O)[C@@]23CCN=N3)[C@](C)(O)[C@@]12C=CC(=O)O2. The fourth-order valence-corrected chi connectivity index (χ4v) is 4.78. The van der Waals surface area contributed by atoms with E-state index in [0.29, 0.717) is 25.8 Å². The summed E-state index contributed by atoms with van der Waals surface area (Å²) in [6, 6.07) is 0. The van der Waals surface area contributed by atoms with Gasteiger partial charge in [-0.3, -0.25) is 0 Å². The van der Waals surface area contributed by atoms with Gasteiger partial charge in [-0.25, -0.2) is 9.59 Å². The molecule has 4 rings (SSSR count). The summed E-state index contributed by atoms with van der Waals surface area (Å²) in [4.78, 5) is 24.2. The van der Waals surface area contributed by atoms with Crippen molar-refractivity contribution in [2.75, 3.05) is 6.54 Å². The number of esters is 2. The maximum atomic E-state index is 12.5. The molecule has 0 aromatic rings. The van der Waals surface area contributed by atoms with Crippen molar-refractivity contribution in [3.63, 3.8) is 0 Å². The average Bonchev–Trinajstić information content (AvgIpc) is 3.18. The maximum Gasteiger partial charge on any atom is 0.336 e. The minimum absolute atomic E-state index is 0.0973. The quantitative estimate of drug-likeness (QED) is 0.675. The molecule has 4 aliphatic rings. The fourth-order valence-electron chi connectivity index (χ4n) is 4.78. The first-order chi connectivity index (χ1) is 10.8. The zero-order valence-corrected chi connectivity index (χ0v) is 13.2. The Morgan fingerprint density at radius 1 is 1.35 bits per heavy atom. The Bertz CT molecular complexity index is 642. The number of ether oxygens (including phenoxy) is 2. The van der Waals surface area contributed by atoms with E-state index in [2.05, 4.69) is 10.2 Å². The van der Waals surface area contributed by atoms with Gasteiger partial charge in [-0.2, -0.15) is 10.2 Å². The Hall–Kier alpha value is -1.76. The van der Waals surface area contributed by atoms with Crippen LogP contribution in [0.5, 0.6) is 0 Å². The van der Waals surface area contributed by atoms with E-state index in [0.717, 1.165) is 0 Å². The van der Waals surface area contributed by atoms with Crippen molar-refractivity contribution in [1.29, 1.82) is 0 Å². The summed E-state index contributed by atoms with van der Waals surface area (Å²) < 4.78 is 11.1. The van der Waals surface area contributed by atoms with Crippen LogP contribution in [0.3, 0.4) is 0 Å². The van der Waals surface area contributed by atoms with Gasteiger partial charge in [-0.05, 0) is 25.8 Å². The van der Waals surface area contributed by atoms with Crippen LogP contribution in [0.2, 0.25) is 0 Å². The molecule has 0 radical (unpaired) electrons. The normalized spacial score (nSPS) is 51.2. The lowest BCUT2D eigenvalue weighted by Gasteiger charge is -2.45. The number of hydrogen-bond donors (Lipinski definition) is 1. The highest BCUT2D eigenvalue weighted by Crippen LogP contribution is 2.55. The smallest absolute Gasteiger partial charge is 0.336 e. The molecule has 7 nitrogen and oxygen atoms in total. The van der Waals surface area contributed by atoms with Crippen molar-refractivity contribution < 1.29 is 24.2 Å². The van der Waals surface area contributed by atoms with E-state index >= 15 is 0 Å². The fraction of sp³-hybridized carbons (Fsp3) is 0.750. The molecule has 6 atom stereocenters. The number of rotatable bonds is 0. The molecular formula is C16H20N2O5. The molecule has 3 aliphatic heterocycles. The second kappa shape index (κ2) is 4.41. The zero-order valence-electron chi connectivity index (χ0n) is 13.2. The van der Waals surface area contributed by atoms with Gasteiger partial charge in [0.05, 0.1) is 6.54 Å². The monoisotopic (exact) mass is 320 g/mol. The first-order valence-electron chi connectivity index (χ1n) is 8.08. The van der Waals surface area contributed by atoms with Gasteiger partial charge in [-0.1, -0.05) is 6.92 Å². The van der Waals surface area contributed by atoms with Crippen LogP contribution in [-0.2, 0) is 19.1 Å². The van der Waals surface area contributed by atoms with Gasteiger partial charge in [0.15, 0.2) is 11.1 Å². The lowest BCUT2D eigenvalue weighted by molar-refractivity contribution is -0.208. The Balaban J connectivity index is 1.81. The predicted octanol–water partition coefficient (Wildman–Crippen LogP) is 1.16. The molecule has 2 spiro atoms. The average molecular weight is 320 g/mol. The van der Waals surface area contributed by atoms with Gasteiger partial charge >= 0.3 is 11.9 Å². The number of carbonyl (C=O) groups is 2. The number of aliphatic hydroxyl groups is 1. The second-order valence-corrected chi connectivity index (χ2v) is 7.25. The van der Waals surface area contributed by atoms with Crippen molar-refractivity contribution in [2.24, 2.45) is 22.1 Å². The highest BCUT2D eigenvalue weighted by Gasteiger charge is 2.70. The summed E-state index contributed by atoms with van der Waals surface area (Å²) in [6.07, 6.45) is 4.07. The first kappa shape index (κ1) is 14.8. The molecule has 1 saturated carbocycles. The molecule has 0 aromatic heterocycles. The van der Waals surface area contributed by atoms with Crippen LogP contribution in [0.15, 0.2) is 22.4 Å². The van der Waals surface area contributed by atoms with Gasteiger partial charge in [0.2, 0.25) is 0 Å². The van der Waals surface area contributed by atoms with Crippen LogP contribution in [0, 0.1) is 11.8 Å². The summed E-state index contributed by atoms with van der Waals surface area (Å²) in [5, 5.41) is 19.6. The number of hydrogen-bond acceptors (Lipinski definition) is 7. The third kappa shape index (κ3) is 1.63. The van der Waals surface area contributed by atoms with E-state index < -0.39 is 34.8 Å². The van der Waals surface area contributed by atoms with Crippen molar-refractivity contribution >= 4 is 11.9 Å². The van der Waals surface area contributed by atoms with E-state index in [-0.39, 0.29) is 11.8 Å². The molecule has 1 N–H and O–H groups in total. The van der Waals surface area contributed by atoms with Gasteiger partial charge in [-0.15, -0.1) is 0 Å². The molecular weight excluding hydrogens is 300 g/mol. The van der Waals surface area contributed by atoms with E-state index in [4.69, 9.17) is 9.47 Å². The van der Waals surface area contributed by atoms with Crippen LogP contribution in [0.25, 0.3) is 0 Å². The van der Waals surface area contributed by atoms with Crippen molar-refractivity contribution in [3.8, 4) is 0 Å². The molecule has 124 valence electrons. The first-order valence-corrected chi connectivity index (χ1v) is 8.08. The van der Waals surface area contributed by atoms with Crippen LogP contribution in [0.4, 0.5) is 0 Å². The summed E-state index contributed by atoms with van der Waals surface area (Å²) in [5.74, 6) is -1.26. The lowest BCUT2D eigenvalue weighted by Crippen LogP contribution is -2.62. The summed E-state index contributed by atoms with van der Waals surface area (Å²) in [6.45, 7) is 4.03. The zero-order chi connectivity index (χ0) is 16.5. The Morgan fingerprint density at radius 2 is 2.13 bits per heavy atom. The Labute approximate surface area is 133 Å². The largest absolute Gasteiger partial charge is 0.457 e.